The highest BCUT2D eigenvalue weighted by Gasteiger charge is 2.12. The van der Waals surface area contributed by atoms with Crippen molar-refractivity contribution in [3.05, 3.63) is 93.9 Å². The van der Waals surface area contributed by atoms with Gasteiger partial charge in [-0.15, -0.1) is 0 Å². The Kier molecular flexibility index (Phi) is 5.68. The highest BCUT2D eigenvalue weighted by atomic mass is 19.1. The lowest BCUT2D eigenvalue weighted by Crippen LogP contribution is -1.99. The standard InChI is InChI=1S/C19H15FN4O3/c20-17-5-2-1-4-15(17)13-27-16-9-7-14(8-10-16)12-22-23-19-18(24(25)26)6-3-11-21-19/h1-12H,13H2,(H,21,23)/b22-12-. The summed E-state index contributed by atoms with van der Waals surface area (Å²) in [5.41, 5.74) is 3.62. The number of aromatic nitrogens is 1. The van der Waals surface area contributed by atoms with Gasteiger partial charge in [0.25, 0.3) is 0 Å². The summed E-state index contributed by atoms with van der Waals surface area (Å²) >= 11 is 0. The molecule has 0 aliphatic heterocycles. The minimum absolute atomic E-state index is 0.0589. The van der Waals surface area contributed by atoms with Crippen LogP contribution in [-0.2, 0) is 6.61 Å². The van der Waals surface area contributed by atoms with E-state index in [1.54, 1.807) is 42.5 Å². The zero-order valence-corrected chi connectivity index (χ0v) is 14.1. The average Bonchev–Trinajstić information content (AvgIpc) is 2.69. The van der Waals surface area contributed by atoms with Crippen molar-refractivity contribution in [2.24, 2.45) is 5.10 Å². The van der Waals surface area contributed by atoms with Gasteiger partial charge in [-0.1, -0.05) is 18.2 Å². The van der Waals surface area contributed by atoms with Crippen LogP contribution >= 0.6 is 0 Å². The summed E-state index contributed by atoms with van der Waals surface area (Å²) in [5.74, 6) is 0.336. The Hall–Kier alpha value is -3.81. The highest BCUT2D eigenvalue weighted by molar-refractivity contribution is 5.80. The zero-order valence-electron chi connectivity index (χ0n) is 14.1. The molecule has 7 nitrogen and oxygen atoms in total. The maximum atomic E-state index is 13.6. The molecule has 3 rings (SSSR count). The van der Waals surface area contributed by atoms with Crippen LogP contribution in [0.25, 0.3) is 0 Å². The first kappa shape index (κ1) is 18.0. The molecule has 1 heterocycles. The van der Waals surface area contributed by atoms with E-state index >= 15 is 0 Å². The molecule has 27 heavy (non-hydrogen) atoms. The van der Waals surface area contributed by atoms with Crippen LogP contribution in [0, 0.1) is 15.9 Å². The first-order chi connectivity index (χ1) is 13.1. The topological polar surface area (TPSA) is 89.7 Å². The molecular weight excluding hydrogens is 351 g/mol. The molecule has 0 saturated heterocycles. The number of hydrazone groups is 1. The molecule has 2 aromatic carbocycles. The number of benzene rings is 2. The lowest BCUT2D eigenvalue weighted by molar-refractivity contribution is -0.384. The number of halogens is 1. The Morgan fingerprint density at radius 2 is 1.93 bits per heavy atom. The quantitative estimate of drug-likeness (QED) is 0.385. The fourth-order valence-electron chi connectivity index (χ4n) is 2.22. The minimum atomic E-state index is -0.535. The fraction of sp³-hybridized carbons (Fsp3) is 0.0526. The molecule has 0 bridgehead atoms. The van der Waals surface area contributed by atoms with Crippen molar-refractivity contribution in [1.29, 1.82) is 0 Å². The predicted molar refractivity (Wildman–Crippen MR) is 99.3 cm³/mol. The molecule has 0 aliphatic carbocycles. The van der Waals surface area contributed by atoms with Crippen molar-refractivity contribution in [2.75, 3.05) is 5.43 Å². The number of rotatable bonds is 7. The monoisotopic (exact) mass is 366 g/mol. The van der Waals surface area contributed by atoms with Gasteiger partial charge in [0, 0.05) is 17.8 Å². The van der Waals surface area contributed by atoms with E-state index in [9.17, 15) is 14.5 Å². The molecule has 0 atom stereocenters. The van der Waals surface area contributed by atoms with Crippen LogP contribution in [0.15, 0.2) is 72.0 Å². The van der Waals surface area contributed by atoms with Gasteiger partial charge in [0.05, 0.1) is 11.1 Å². The smallest absolute Gasteiger partial charge is 0.313 e. The van der Waals surface area contributed by atoms with E-state index in [1.165, 1.54) is 30.6 Å². The number of hydrogen-bond donors (Lipinski definition) is 1. The van der Waals surface area contributed by atoms with Crippen molar-refractivity contribution >= 4 is 17.7 Å². The second-order valence-corrected chi connectivity index (χ2v) is 5.45. The second kappa shape index (κ2) is 8.52. The van der Waals surface area contributed by atoms with Gasteiger partial charge in [0.2, 0.25) is 5.82 Å². The molecule has 1 aromatic heterocycles. The third-order valence-corrected chi connectivity index (χ3v) is 3.60. The Labute approximate surface area is 154 Å². The molecule has 8 heteroatoms. The number of nitrogens with one attached hydrogen (secondary N) is 1. The molecule has 1 N–H and O–H groups in total. The first-order valence-corrected chi connectivity index (χ1v) is 7.98. The Morgan fingerprint density at radius 3 is 2.67 bits per heavy atom. The molecule has 0 fully saturated rings. The number of anilines is 1. The van der Waals surface area contributed by atoms with E-state index in [1.807, 2.05) is 0 Å². The van der Waals surface area contributed by atoms with Crippen LogP contribution in [0.1, 0.15) is 11.1 Å². The molecule has 0 unspecified atom stereocenters. The third-order valence-electron chi connectivity index (χ3n) is 3.60. The number of ether oxygens (including phenoxy) is 1. The summed E-state index contributed by atoms with van der Waals surface area (Å²) in [4.78, 5) is 14.3. The van der Waals surface area contributed by atoms with Crippen molar-refractivity contribution < 1.29 is 14.1 Å². The maximum Gasteiger partial charge on any atom is 0.313 e. The molecular formula is C19H15FN4O3. The van der Waals surface area contributed by atoms with Crippen molar-refractivity contribution in [3.8, 4) is 5.75 Å². The van der Waals surface area contributed by atoms with E-state index in [-0.39, 0.29) is 23.9 Å². The van der Waals surface area contributed by atoms with Crippen LogP contribution in [0.3, 0.4) is 0 Å². The van der Waals surface area contributed by atoms with Crippen LogP contribution in [-0.4, -0.2) is 16.1 Å². The number of nitro groups is 1. The summed E-state index contributed by atoms with van der Waals surface area (Å²) in [6.45, 7) is 0.130. The highest BCUT2D eigenvalue weighted by Crippen LogP contribution is 2.20. The molecule has 136 valence electrons. The van der Waals surface area contributed by atoms with Crippen molar-refractivity contribution in [3.63, 3.8) is 0 Å². The zero-order chi connectivity index (χ0) is 19.1. The van der Waals surface area contributed by atoms with E-state index in [0.29, 0.717) is 11.3 Å². The van der Waals surface area contributed by atoms with Crippen molar-refractivity contribution in [2.45, 2.75) is 6.61 Å². The van der Waals surface area contributed by atoms with E-state index in [4.69, 9.17) is 4.74 Å². The maximum absolute atomic E-state index is 13.6. The van der Waals surface area contributed by atoms with Gasteiger partial charge in [-0.3, -0.25) is 15.5 Å². The summed E-state index contributed by atoms with van der Waals surface area (Å²) in [7, 11) is 0. The van der Waals surface area contributed by atoms with Crippen LogP contribution < -0.4 is 10.2 Å². The van der Waals surface area contributed by atoms with Gasteiger partial charge in [-0.2, -0.15) is 5.10 Å². The lowest BCUT2D eigenvalue weighted by Gasteiger charge is -2.07. The number of pyridine rings is 1. The summed E-state index contributed by atoms with van der Waals surface area (Å²) in [6.07, 6.45) is 2.94. The molecule has 3 aromatic rings. The molecule has 0 saturated carbocycles. The first-order valence-electron chi connectivity index (χ1n) is 7.98. The Balaban J connectivity index is 1.58. The Morgan fingerprint density at radius 1 is 1.15 bits per heavy atom. The fourth-order valence-corrected chi connectivity index (χ4v) is 2.22. The number of hydrogen-bond acceptors (Lipinski definition) is 6. The predicted octanol–water partition coefficient (Wildman–Crippen LogP) is 4.15. The van der Waals surface area contributed by atoms with Gasteiger partial charge in [-0.25, -0.2) is 9.37 Å². The van der Waals surface area contributed by atoms with E-state index < -0.39 is 4.92 Å². The average molecular weight is 366 g/mol. The molecule has 0 spiro atoms. The van der Waals surface area contributed by atoms with Gasteiger partial charge >= 0.3 is 5.69 Å². The van der Waals surface area contributed by atoms with Crippen molar-refractivity contribution in [1.82, 2.24) is 4.98 Å². The Bertz CT molecular complexity index is 961. The van der Waals surface area contributed by atoms with Crippen LogP contribution in [0.2, 0.25) is 0 Å². The summed E-state index contributed by atoms with van der Waals surface area (Å²) in [6, 6.07) is 16.2. The van der Waals surface area contributed by atoms with Gasteiger partial charge < -0.3 is 4.74 Å². The van der Waals surface area contributed by atoms with Gasteiger partial charge in [-0.05, 0) is 42.0 Å². The van der Waals surface area contributed by atoms with Gasteiger partial charge in [0.15, 0.2) is 0 Å². The summed E-state index contributed by atoms with van der Waals surface area (Å²) in [5, 5.41) is 14.9. The largest absolute Gasteiger partial charge is 0.489 e. The molecule has 0 aliphatic rings. The summed E-state index contributed by atoms with van der Waals surface area (Å²) < 4.78 is 19.1. The van der Waals surface area contributed by atoms with Crippen LogP contribution in [0.4, 0.5) is 15.9 Å². The van der Waals surface area contributed by atoms with E-state index in [2.05, 4.69) is 15.5 Å². The molecule has 0 radical (unpaired) electrons. The SMILES string of the molecule is O=[N+]([O-])c1cccnc1N/N=C\c1ccc(OCc2ccccc2F)cc1. The van der Waals surface area contributed by atoms with Crippen LogP contribution in [0.5, 0.6) is 5.75 Å². The van der Waals surface area contributed by atoms with E-state index in [0.717, 1.165) is 5.56 Å². The second-order valence-electron chi connectivity index (χ2n) is 5.45. The lowest BCUT2D eigenvalue weighted by atomic mass is 10.2. The molecule has 0 amide bonds. The normalized spacial score (nSPS) is 10.7. The van der Waals surface area contributed by atoms with Gasteiger partial charge in [0.1, 0.15) is 18.2 Å². The number of nitrogens with zero attached hydrogens (tertiary/aromatic N) is 3. The third kappa shape index (κ3) is 4.85. The minimum Gasteiger partial charge on any atom is -0.489 e.